The molecule has 2 heterocycles. The van der Waals surface area contributed by atoms with Crippen molar-refractivity contribution in [3.8, 4) is 0 Å². The monoisotopic (exact) mass is 475 g/mol. The van der Waals surface area contributed by atoms with Crippen molar-refractivity contribution in [1.82, 2.24) is 14.9 Å². The Bertz CT molecular complexity index is 906. The minimum Gasteiger partial charge on any atom is -0.469 e. The van der Waals surface area contributed by atoms with Gasteiger partial charge in [-0.05, 0) is 77.6 Å². The molecule has 1 aromatic heterocycles. The Morgan fingerprint density at radius 2 is 1.93 bits per heavy atom. The third-order valence-corrected chi connectivity index (χ3v) is 9.38. The Labute approximate surface area is 184 Å². The molecule has 1 aromatic rings. The van der Waals surface area contributed by atoms with Crippen LogP contribution in [0.15, 0.2) is 16.9 Å². The van der Waals surface area contributed by atoms with Crippen LogP contribution in [0, 0.1) is 28.6 Å². The van der Waals surface area contributed by atoms with Crippen molar-refractivity contribution in [2.45, 2.75) is 50.5 Å². The van der Waals surface area contributed by atoms with Crippen LogP contribution in [0.5, 0.6) is 0 Å². The molecule has 1 aliphatic heterocycles. The molecule has 30 heavy (non-hydrogen) atoms. The summed E-state index contributed by atoms with van der Waals surface area (Å²) >= 11 is 3.36. The highest BCUT2D eigenvalue weighted by atomic mass is 79.9. The summed E-state index contributed by atoms with van der Waals surface area (Å²) in [5, 5.41) is 0. The zero-order valence-corrected chi connectivity index (χ0v) is 18.6. The van der Waals surface area contributed by atoms with Gasteiger partial charge in [0.2, 0.25) is 0 Å². The lowest BCUT2D eigenvalue weighted by Gasteiger charge is -2.56. The Balaban J connectivity index is 1.15. The van der Waals surface area contributed by atoms with Gasteiger partial charge in [-0.25, -0.2) is 14.8 Å². The molecule has 7 nitrogen and oxygen atoms in total. The molecule has 5 fully saturated rings. The quantitative estimate of drug-likeness (QED) is 0.621. The van der Waals surface area contributed by atoms with E-state index in [9.17, 15) is 9.59 Å². The number of methoxy groups -OCH3 is 1. The molecule has 0 N–H and O–H groups in total. The number of fused-ring (bicyclic) bond motifs is 2. The first-order valence-corrected chi connectivity index (χ1v) is 11.8. The van der Waals surface area contributed by atoms with Gasteiger partial charge in [-0.2, -0.15) is 0 Å². The molecule has 0 radical (unpaired) electrons. The minimum absolute atomic E-state index is 0.0363. The summed E-state index contributed by atoms with van der Waals surface area (Å²) < 4.78 is 12.2. The first-order valence-electron chi connectivity index (χ1n) is 11.0. The van der Waals surface area contributed by atoms with Gasteiger partial charge in [0.1, 0.15) is 11.9 Å². The number of rotatable bonds is 3. The first-order chi connectivity index (χ1) is 14.5. The number of carbonyl (C=O) groups is 2. The second kappa shape index (κ2) is 6.40. The maximum Gasteiger partial charge on any atom is 0.410 e. The van der Waals surface area contributed by atoms with E-state index in [1.807, 2.05) is 0 Å². The molecule has 7 atom stereocenters. The average molecular weight is 476 g/mol. The highest BCUT2D eigenvalue weighted by molar-refractivity contribution is 9.10. The predicted octanol–water partition coefficient (Wildman–Crippen LogP) is 3.53. The lowest BCUT2D eigenvalue weighted by Crippen LogP contribution is -2.57. The molecule has 0 aromatic carbocycles. The normalized spacial score (nSPS) is 42.7. The predicted molar refractivity (Wildman–Crippen MR) is 109 cm³/mol. The largest absolute Gasteiger partial charge is 0.469 e. The second-order valence-corrected chi connectivity index (χ2v) is 11.0. The summed E-state index contributed by atoms with van der Waals surface area (Å²) in [6, 6.07) is 0. The van der Waals surface area contributed by atoms with E-state index in [0.717, 1.165) is 48.8 Å². The molecule has 8 heteroatoms. The Morgan fingerprint density at radius 3 is 2.70 bits per heavy atom. The van der Waals surface area contributed by atoms with Gasteiger partial charge in [0.15, 0.2) is 0 Å². The fourth-order valence-corrected chi connectivity index (χ4v) is 8.08. The lowest BCUT2D eigenvalue weighted by molar-refractivity contribution is -0.183. The van der Waals surface area contributed by atoms with Crippen LogP contribution in [0.25, 0.3) is 0 Å². The van der Waals surface area contributed by atoms with Crippen LogP contribution in [0.3, 0.4) is 0 Å². The van der Waals surface area contributed by atoms with E-state index in [0.29, 0.717) is 24.9 Å². The summed E-state index contributed by atoms with van der Waals surface area (Å²) in [6.45, 7) is 1.27. The van der Waals surface area contributed by atoms with Crippen molar-refractivity contribution < 1.29 is 19.1 Å². The molecule has 3 bridgehead atoms. The van der Waals surface area contributed by atoms with Crippen LogP contribution in [0.1, 0.15) is 50.3 Å². The summed E-state index contributed by atoms with van der Waals surface area (Å²) in [5.41, 5.74) is -0.194. The first kappa shape index (κ1) is 19.0. The number of hydrogen-bond donors (Lipinski definition) is 0. The van der Waals surface area contributed by atoms with E-state index in [1.165, 1.54) is 7.11 Å². The van der Waals surface area contributed by atoms with Crippen LogP contribution in [-0.2, 0) is 14.3 Å². The topological polar surface area (TPSA) is 81.6 Å². The number of hydrogen-bond acceptors (Lipinski definition) is 6. The van der Waals surface area contributed by atoms with Crippen molar-refractivity contribution >= 4 is 28.0 Å². The zero-order chi connectivity index (χ0) is 20.7. The number of esters is 1. The van der Waals surface area contributed by atoms with E-state index in [1.54, 1.807) is 17.3 Å². The van der Waals surface area contributed by atoms with E-state index >= 15 is 0 Å². The van der Waals surface area contributed by atoms with Gasteiger partial charge in [-0.3, -0.25) is 4.79 Å². The zero-order valence-electron chi connectivity index (χ0n) is 17.1. The van der Waals surface area contributed by atoms with Crippen molar-refractivity contribution in [3.05, 3.63) is 22.7 Å². The molecule has 1 spiro atoms. The Hall–Kier alpha value is -1.70. The SMILES string of the molecule is COC(=O)C12CC3CC14CC(CC4C2)C3OC(=O)N1CCC(c2ncc(Br)cn2)C1. The molecule has 5 aliphatic rings. The number of halogens is 1. The Morgan fingerprint density at radius 1 is 1.17 bits per heavy atom. The standard InChI is InChI=1S/C22H26BrN3O4/c1-29-19(27)22-7-14-6-21(22)5-13(4-15(21)8-22)17(14)30-20(28)26-3-2-12(11-26)18-24-9-16(23)10-25-18/h9-10,12-15,17H,2-8,11H2,1H3. The number of aromatic nitrogens is 2. The highest BCUT2D eigenvalue weighted by Gasteiger charge is 2.80. The van der Waals surface area contributed by atoms with Gasteiger partial charge in [0.05, 0.1) is 17.0 Å². The second-order valence-electron chi connectivity index (χ2n) is 10.0. The van der Waals surface area contributed by atoms with Crippen molar-refractivity contribution in [3.63, 3.8) is 0 Å². The molecule has 1 amide bonds. The van der Waals surface area contributed by atoms with Crippen molar-refractivity contribution in [1.29, 1.82) is 0 Å². The lowest BCUT2D eigenvalue weighted by atomic mass is 9.46. The summed E-state index contributed by atoms with van der Waals surface area (Å²) in [6.07, 6.45) is 8.96. The third-order valence-electron chi connectivity index (χ3n) is 8.97. The number of nitrogens with zero attached hydrogens (tertiary/aromatic N) is 3. The van der Waals surface area contributed by atoms with E-state index in [2.05, 4.69) is 25.9 Å². The van der Waals surface area contributed by atoms with E-state index in [-0.39, 0.29) is 40.8 Å². The molecule has 7 unspecified atom stereocenters. The van der Waals surface area contributed by atoms with Gasteiger partial charge in [-0.15, -0.1) is 0 Å². The Kier molecular flexibility index (Phi) is 4.06. The van der Waals surface area contributed by atoms with Gasteiger partial charge in [0.25, 0.3) is 0 Å². The summed E-state index contributed by atoms with van der Waals surface area (Å²) in [5.74, 6) is 2.17. The molecule has 1 saturated heterocycles. The van der Waals surface area contributed by atoms with Crippen LogP contribution >= 0.6 is 15.9 Å². The molecule has 4 saturated carbocycles. The maximum absolute atomic E-state index is 13.0. The van der Waals surface area contributed by atoms with E-state index in [4.69, 9.17) is 9.47 Å². The van der Waals surface area contributed by atoms with Gasteiger partial charge in [0, 0.05) is 31.4 Å². The van der Waals surface area contributed by atoms with E-state index < -0.39 is 0 Å². The maximum atomic E-state index is 13.0. The average Bonchev–Trinajstić information content (AvgIpc) is 3.38. The molecular weight excluding hydrogens is 450 g/mol. The molecular formula is C22H26BrN3O4. The fraction of sp³-hybridized carbons (Fsp3) is 0.727. The fourth-order valence-electron chi connectivity index (χ4n) is 7.87. The molecule has 6 rings (SSSR count). The van der Waals surface area contributed by atoms with Crippen LogP contribution in [0.4, 0.5) is 4.79 Å². The van der Waals surface area contributed by atoms with Crippen molar-refractivity contribution in [2.24, 2.45) is 28.6 Å². The third kappa shape index (κ3) is 2.37. The minimum atomic E-state index is -0.315. The smallest absolute Gasteiger partial charge is 0.410 e. The van der Waals surface area contributed by atoms with Gasteiger partial charge in [-0.1, -0.05) is 0 Å². The van der Waals surface area contributed by atoms with Crippen molar-refractivity contribution in [2.75, 3.05) is 20.2 Å². The summed E-state index contributed by atoms with van der Waals surface area (Å²) in [4.78, 5) is 36.3. The van der Waals surface area contributed by atoms with Crippen LogP contribution in [-0.4, -0.2) is 53.2 Å². The van der Waals surface area contributed by atoms with Gasteiger partial charge < -0.3 is 14.4 Å². The number of amides is 1. The number of likely N-dealkylation sites (tertiary alicyclic amines) is 1. The number of carbonyl (C=O) groups excluding carboxylic acids is 2. The van der Waals surface area contributed by atoms with Crippen LogP contribution in [0.2, 0.25) is 0 Å². The van der Waals surface area contributed by atoms with Gasteiger partial charge >= 0.3 is 12.1 Å². The number of ether oxygens (including phenoxy) is 2. The van der Waals surface area contributed by atoms with Crippen LogP contribution < -0.4 is 0 Å². The molecule has 4 aliphatic carbocycles. The molecule has 160 valence electrons. The highest BCUT2D eigenvalue weighted by Crippen LogP contribution is 2.81. The summed E-state index contributed by atoms with van der Waals surface area (Å²) in [7, 11) is 1.51.